The second-order valence-corrected chi connectivity index (χ2v) is 4.49. The van der Waals surface area contributed by atoms with Crippen molar-refractivity contribution in [2.75, 3.05) is 0 Å². The van der Waals surface area contributed by atoms with Crippen molar-refractivity contribution in [2.45, 2.75) is 31.5 Å². The summed E-state index contributed by atoms with van der Waals surface area (Å²) in [6.45, 7) is 1.90. The molecule has 0 unspecified atom stereocenters. The van der Waals surface area contributed by atoms with E-state index in [1.165, 1.54) is 12.1 Å². The average molecular weight is 229 g/mol. The van der Waals surface area contributed by atoms with Crippen LogP contribution in [0.1, 0.15) is 30.4 Å². The lowest BCUT2D eigenvalue weighted by Gasteiger charge is -2.09. The normalized spacial score (nSPS) is 26.6. The number of nitrogens with two attached hydrogens (primary N) is 1. The Morgan fingerprint density at radius 2 is 2.06 bits per heavy atom. The molecule has 1 aromatic carbocycles. The van der Waals surface area contributed by atoms with Gasteiger partial charge in [0.25, 0.3) is 0 Å². The highest BCUT2D eigenvalue weighted by molar-refractivity contribution is 5.32. The van der Waals surface area contributed by atoms with Crippen LogP contribution >= 0.6 is 0 Å². The predicted octanol–water partition coefficient (Wildman–Crippen LogP) is 3.16. The zero-order valence-corrected chi connectivity index (χ0v) is 8.96. The highest BCUT2D eigenvalue weighted by Gasteiger charge is 2.41. The molecule has 1 saturated carbocycles. The first kappa shape index (κ1) is 11.5. The Bertz CT molecular complexity index is 384. The van der Waals surface area contributed by atoms with Gasteiger partial charge >= 0.3 is 6.18 Å². The third kappa shape index (κ3) is 2.21. The van der Waals surface area contributed by atoms with Gasteiger partial charge in [-0.2, -0.15) is 13.2 Å². The summed E-state index contributed by atoms with van der Waals surface area (Å²) in [5.74, 6) is 0.547. The molecular formula is C12H14F3N. The third-order valence-corrected chi connectivity index (χ3v) is 3.16. The molecule has 0 amide bonds. The molecule has 2 rings (SSSR count). The minimum absolute atomic E-state index is 0.0551. The van der Waals surface area contributed by atoms with Crippen molar-refractivity contribution in [1.82, 2.24) is 0 Å². The van der Waals surface area contributed by atoms with Gasteiger partial charge in [-0.3, -0.25) is 0 Å². The van der Waals surface area contributed by atoms with E-state index in [-0.39, 0.29) is 12.0 Å². The van der Waals surface area contributed by atoms with Crippen LogP contribution in [0.15, 0.2) is 24.3 Å². The zero-order valence-electron chi connectivity index (χ0n) is 8.96. The van der Waals surface area contributed by atoms with Crippen LogP contribution in [0.4, 0.5) is 13.2 Å². The Balaban J connectivity index is 2.19. The number of halogens is 3. The molecule has 1 aliphatic rings. The Kier molecular flexibility index (Phi) is 2.70. The topological polar surface area (TPSA) is 26.0 Å². The Hall–Kier alpha value is -1.03. The van der Waals surface area contributed by atoms with Crippen molar-refractivity contribution in [2.24, 2.45) is 11.7 Å². The third-order valence-electron chi connectivity index (χ3n) is 3.16. The number of hydrogen-bond donors (Lipinski definition) is 1. The monoisotopic (exact) mass is 229 g/mol. The second kappa shape index (κ2) is 3.77. The summed E-state index contributed by atoms with van der Waals surface area (Å²) < 4.78 is 37.4. The van der Waals surface area contributed by atoms with Crippen molar-refractivity contribution < 1.29 is 13.2 Å². The molecule has 0 spiro atoms. The van der Waals surface area contributed by atoms with Gasteiger partial charge in [0.2, 0.25) is 0 Å². The number of alkyl halides is 3. The fourth-order valence-electron chi connectivity index (χ4n) is 2.12. The van der Waals surface area contributed by atoms with Crippen LogP contribution in [-0.4, -0.2) is 6.04 Å². The van der Waals surface area contributed by atoms with Crippen molar-refractivity contribution in [3.8, 4) is 0 Å². The molecule has 88 valence electrons. The summed E-state index contributed by atoms with van der Waals surface area (Å²) in [6.07, 6.45) is -3.35. The maximum Gasteiger partial charge on any atom is 0.416 e. The summed E-state index contributed by atoms with van der Waals surface area (Å²) >= 11 is 0. The van der Waals surface area contributed by atoms with Gasteiger partial charge in [0, 0.05) is 6.04 Å². The molecule has 1 aliphatic carbocycles. The molecule has 0 bridgehead atoms. The van der Waals surface area contributed by atoms with E-state index < -0.39 is 11.7 Å². The molecule has 1 fully saturated rings. The molecule has 0 aliphatic heterocycles. The van der Waals surface area contributed by atoms with Crippen LogP contribution in [-0.2, 0) is 6.18 Å². The van der Waals surface area contributed by atoms with Gasteiger partial charge < -0.3 is 5.73 Å². The van der Waals surface area contributed by atoms with Crippen LogP contribution in [0.5, 0.6) is 0 Å². The predicted molar refractivity (Wildman–Crippen MR) is 55.9 cm³/mol. The van der Waals surface area contributed by atoms with Crippen molar-refractivity contribution in [3.05, 3.63) is 35.4 Å². The SMILES string of the molecule is C[C@@H](N)[C@@H]1C[C@@H]1c1cccc(C(F)(F)F)c1. The van der Waals surface area contributed by atoms with Crippen molar-refractivity contribution in [3.63, 3.8) is 0 Å². The van der Waals surface area contributed by atoms with E-state index >= 15 is 0 Å². The van der Waals surface area contributed by atoms with Gasteiger partial charge in [0.05, 0.1) is 5.56 Å². The van der Waals surface area contributed by atoms with E-state index in [0.717, 1.165) is 18.1 Å². The first-order valence-corrected chi connectivity index (χ1v) is 5.32. The Morgan fingerprint density at radius 1 is 1.38 bits per heavy atom. The van der Waals surface area contributed by atoms with Gasteiger partial charge in [-0.25, -0.2) is 0 Å². The average Bonchev–Trinajstić information content (AvgIpc) is 2.96. The minimum Gasteiger partial charge on any atom is -0.328 e. The molecule has 0 saturated heterocycles. The van der Waals surface area contributed by atoms with E-state index in [1.807, 2.05) is 6.92 Å². The molecule has 0 heterocycles. The van der Waals surface area contributed by atoms with E-state index in [9.17, 15) is 13.2 Å². The zero-order chi connectivity index (χ0) is 11.9. The lowest BCUT2D eigenvalue weighted by atomic mass is 10.0. The highest BCUT2D eigenvalue weighted by atomic mass is 19.4. The summed E-state index contributed by atoms with van der Waals surface area (Å²) in [5, 5.41) is 0. The lowest BCUT2D eigenvalue weighted by molar-refractivity contribution is -0.137. The smallest absolute Gasteiger partial charge is 0.328 e. The van der Waals surface area contributed by atoms with E-state index in [4.69, 9.17) is 5.73 Å². The molecule has 0 radical (unpaired) electrons. The van der Waals surface area contributed by atoms with Crippen LogP contribution < -0.4 is 5.73 Å². The quantitative estimate of drug-likeness (QED) is 0.828. The van der Waals surface area contributed by atoms with Crippen LogP contribution in [0.2, 0.25) is 0 Å². The van der Waals surface area contributed by atoms with E-state index in [0.29, 0.717) is 5.92 Å². The fourth-order valence-corrected chi connectivity index (χ4v) is 2.12. The minimum atomic E-state index is -4.26. The Morgan fingerprint density at radius 3 is 2.56 bits per heavy atom. The summed E-state index contributed by atoms with van der Waals surface area (Å²) in [6, 6.07) is 5.62. The van der Waals surface area contributed by atoms with Crippen LogP contribution in [0.3, 0.4) is 0 Å². The molecule has 4 heteroatoms. The van der Waals surface area contributed by atoms with Crippen molar-refractivity contribution in [1.29, 1.82) is 0 Å². The standard InChI is InChI=1S/C12H14F3N/c1-7(16)10-6-11(10)8-3-2-4-9(5-8)12(13,14)15/h2-5,7,10-11H,6,16H2,1H3/t7-,10+,11-/m1/s1. The van der Waals surface area contributed by atoms with Gasteiger partial charge in [-0.15, -0.1) is 0 Å². The Labute approximate surface area is 92.5 Å². The summed E-state index contributed by atoms with van der Waals surface area (Å²) in [5.41, 5.74) is 5.92. The molecule has 1 nitrogen and oxygen atoms in total. The van der Waals surface area contributed by atoms with E-state index in [1.54, 1.807) is 6.07 Å². The highest BCUT2D eigenvalue weighted by Crippen LogP contribution is 2.49. The van der Waals surface area contributed by atoms with Gasteiger partial charge in [-0.1, -0.05) is 18.2 Å². The van der Waals surface area contributed by atoms with Gasteiger partial charge in [-0.05, 0) is 36.8 Å². The fraction of sp³-hybridized carbons (Fsp3) is 0.500. The summed E-state index contributed by atoms with van der Waals surface area (Å²) in [7, 11) is 0. The maximum atomic E-state index is 12.5. The van der Waals surface area contributed by atoms with Crippen LogP contribution in [0, 0.1) is 5.92 Å². The molecule has 0 aromatic heterocycles. The summed E-state index contributed by atoms with van der Waals surface area (Å²) in [4.78, 5) is 0. The molecular weight excluding hydrogens is 215 g/mol. The maximum absolute atomic E-state index is 12.5. The number of hydrogen-bond acceptors (Lipinski definition) is 1. The second-order valence-electron chi connectivity index (χ2n) is 4.49. The molecule has 1 aromatic rings. The van der Waals surface area contributed by atoms with Crippen molar-refractivity contribution >= 4 is 0 Å². The number of rotatable bonds is 2. The first-order chi connectivity index (χ1) is 7.39. The first-order valence-electron chi connectivity index (χ1n) is 5.32. The van der Waals surface area contributed by atoms with Gasteiger partial charge in [0.15, 0.2) is 0 Å². The molecule has 16 heavy (non-hydrogen) atoms. The lowest BCUT2D eigenvalue weighted by Crippen LogP contribution is -2.18. The van der Waals surface area contributed by atoms with Gasteiger partial charge in [0.1, 0.15) is 0 Å². The largest absolute Gasteiger partial charge is 0.416 e. The molecule has 2 N–H and O–H groups in total. The van der Waals surface area contributed by atoms with E-state index in [2.05, 4.69) is 0 Å². The number of benzene rings is 1. The molecule has 3 atom stereocenters. The van der Waals surface area contributed by atoms with Crippen LogP contribution in [0.25, 0.3) is 0 Å².